The molecular formula is C13H13F2NO4. The normalized spacial score (nSPS) is 15.3. The molecule has 5 nitrogen and oxygen atoms in total. The third-order valence-corrected chi connectivity index (χ3v) is 3.36. The Labute approximate surface area is 113 Å². The number of nitrogens with zero attached hydrogens (tertiary/aromatic N) is 1. The smallest absolute Gasteiger partial charge is 0.341 e. The number of rotatable bonds is 4. The Hall–Kier alpha value is -2.05. The quantitative estimate of drug-likeness (QED) is 0.484. The second-order valence-electron chi connectivity index (χ2n) is 4.79. The molecule has 0 unspecified atom stereocenters. The summed E-state index contributed by atoms with van der Waals surface area (Å²) in [6.07, 6.45) is 3.97. The molecule has 0 aliphatic heterocycles. The maximum absolute atomic E-state index is 13.7. The van der Waals surface area contributed by atoms with E-state index in [1.54, 1.807) is 0 Å². The van der Waals surface area contributed by atoms with Crippen LogP contribution in [0.1, 0.15) is 36.0 Å². The lowest BCUT2D eigenvalue weighted by atomic mass is 10.1. The summed E-state index contributed by atoms with van der Waals surface area (Å²) < 4.78 is 31.9. The van der Waals surface area contributed by atoms with Gasteiger partial charge in [0.15, 0.2) is 0 Å². The minimum Gasteiger partial charge on any atom is -0.462 e. The number of esters is 1. The second kappa shape index (κ2) is 5.94. The Bertz CT molecular complexity index is 541. The third kappa shape index (κ3) is 3.09. The molecule has 0 aromatic heterocycles. The molecule has 0 radical (unpaired) electrons. The number of hydrogen-bond donors (Lipinski definition) is 0. The van der Waals surface area contributed by atoms with Crippen LogP contribution in [0, 0.1) is 27.7 Å². The SMILES string of the molecule is O=C(OCC1CCCC1)c1cc(F)cc([N+](=O)[O-])c1F. The van der Waals surface area contributed by atoms with Gasteiger partial charge in [0.05, 0.1) is 17.6 Å². The number of nitro benzene ring substituents is 1. The third-order valence-electron chi connectivity index (χ3n) is 3.36. The summed E-state index contributed by atoms with van der Waals surface area (Å²) in [5, 5.41) is 10.6. The molecule has 0 amide bonds. The number of halogens is 2. The first-order valence-electron chi connectivity index (χ1n) is 6.29. The number of carbonyl (C=O) groups is 1. The molecule has 0 N–H and O–H groups in total. The maximum atomic E-state index is 13.7. The highest BCUT2D eigenvalue weighted by Crippen LogP contribution is 2.26. The Morgan fingerprint density at radius 1 is 1.35 bits per heavy atom. The van der Waals surface area contributed by atoms with Gasteiger partial charge in [-0.25, -0.2) is 9.18 Å². The van der Waals surface area contributed by atoms with E-state index in [2.05, 4.69) is 0 Å². The van der Waals surface area contributed by atoms with E-state index in [0.29, 0.717) is 12.1 Å². The molecule has 1 aromatic rings. The van der Waals surface area contributed by atoms with Gasteiger partial charge >= 0.3 is 11.7 Å². The van der Waals surface area contributed by atoms with Crippen molar-refractivity contribution in [2.24, 2.45) is 5.92 Å². The summed E-state index contributed by atoms with van der Waals surface area (Å²) in [5.74, 6) is -3.26. The highest BCUT2D eigenvalue weighted by Gasteiger charge is 2.26. The van der Waals surface area contributed by atoms with Gasteiger partial charge in [-0.15, -0.1) is 0 Å². The minimum absolute atomic E-state index is 0.128. The average Bonchev–Trinajstić information content (AvgIpc) is 2.91. The van der Waals surface area contributed by atoms with Gasteiger partial charge in [-0.1, -0.05) is 12.8 Å². The first kappa shape index (κ1) is 14.4. The molecule has 0 heterocycles. The van der Waals surface area contributed by atoms with Gasteiger partial charge in [-0.3, -0.25) is 10.1 Å². The van der Waals surface area contributed by atoms with Gasteiger partial charge < -0.3 is 4.74 Å². The fraction of sp³-hybridized carbons (Fsp3) is 0.462. The van der Waals surface area contributed by atoms with Crippen LogP contribution in [0.5, 0.6) is 0 Å². The lowest BCUT2D eigenvalue weighted by Crippen LogP contribution is -2.14. The zero-order valence-electron chi connectivity index (χ0n) is 10.6. The van der Waals surface area contributed by atoms with Gasteiger partial charge in [0.1, 0.15) is 11.4 Å². The Morgan fingerprint density at radius 2 is 2.00 bits per heavy atom. The van der Waals surface area contributed by atoms with Crippen LogP contribution in [0.25, 0.3) is 0 Å². The molecule has 1 aliphatic carbocycles. The summed E-state index contributed by atoms with van der Waals surface area (Å²) in [5.41, 5.74) is -1.81. The summed E-state index contributed by atoms with van der Waals surface area (Å²) in [6, 6.07) is 1.04. The zero-order valence-corrected chi connectivity index (χ0v) is 10.6. The first-order chi connectivity index (χ1) is 9.49. The van der Waals surface area contributed by atoms with Gasteiger partial charge in [-0.05, 0) is 24.8 Å². The van der Waals surface area contributed by atoms with Crippen molar-refractivity contribution < 1.29 is 23.2 Å². The van der Waals surface area contributed by atoms with Crippen molar-refractivity contribution in [2.45, 2.75) is 25.7 Å². The monoisotopic (exact) mass is 285 g/mol. The van der Waals surface area contributed by atoms with Crippen molar-refractivity contribution in [3.05, 3.63) is 39.4 Å². The van der Waals surface area contributed by atoms with Crippen LogP contribution in [-0.4, -0.2) is 17.5 Å². The largest absolute Gasteiger partial charge is 0.462 e. The van der Waals surface area contributed by atoms with Crippen molar-refractivity contribution >= 4 is 11.7 Å². The van der Waals surface area contributed by atoms with Crippen LogP contribution in [0.3, 0.4) is 0 Å². The van der Waals surface area contributed by atoms with Crippen molar-refractivity contribution in [3.63, 3.8) is 0 Å². The molecule has 1 aromatic carbocycles. The second-order valence-corrected chi connectivity index (χ2v) is 4.79. The highest BCUT2D eigenvalue weighted by molar-refractivity contribution is 5.90. The van der Waals surface area contributed by atoms with Crippen LogP contribution in [0.4, 0.5) is 14.5 Å². The standard InChI is InChI=1S/C13H13F2NO4/c14-9-5-10(12(15)11(6-9)16(18)19)13(17)20-7-8-3-1-2-4-8/h5-6,8H,1-4,7H2. The molecule has 0 spiro atoms. The first-order valence-corrected chi connectivity index (χ1v) is 6.29. The summed E-state index contributed by atoms with van der Waals surface area (Å²) >= 11 is 0. The van der Waals surface area contributed by atoms with E-state index in [9.17, 15) is 23.7 Å². The van der Waals surface area contributed by atoms with Gasteiger partial charge in [0.25, 0.3) is 0 Å². The van der Waals surface area contributed by atoms with E-state index in [0.717, 1.165) is 25.7 Å². The van der Waals surface area contributed by atoms with Crippen molar-refractivity contribution in [2.75, 3.05) is 6.61 Å². The fourth-order valence-electron chi connectivity index (χ4n) is 2.30. The van der Waals surface area contributed by atoms with Crippen LogP contribution < -0.4 is 0 Å². The summed E-state index contributed by atoms with van der Waals surface area (Å²) in [6.45, 7) is 0.128. The number of benzene rings is 1. The molecule has 1 fully saturated rings. The number of ether oxygens (including phenoxy) is 1. The molecule has 108 valence electrons. The highest BCUT2D eigenvalue weighted by atomic mass is 19.1. The Morgan fingerprint density at radius 3 is 2.60 bits per heavy atom. The van der Waals surface area contributed by atoms with Gasteiger partial charge in [-0.2, -0.15) is 4.39 Å². The Balaban J connectivity index is 2.14. The van der Waals surface area contributed by atoms with E-state index in [1.165, 1.54) is 0 Å². The summed E-state index contributed by atoms with van der Waals surface area (Å²) in [7, 11) is 0. The molecule has 0 atom stereocenters. The van der Waals surface area contributed by atoms with Gasteiger partial charge in [0, 0.05) is 0 Å². The molecule has 2 rings (SSSR count). The van der Waals surface area contributed by atoms with E-state index in [-0.39, 0.29) is 12.5 Å². The molecule has 0 saturated heterocycles. The summed E-state index contributed by atoms with van der Waals surface area (Å²) in [4.78, 5) is 21.2. The predicted octanol–water partition coefficient (Wildman–Crippen LogP) is 3.22. The van der Waals surface area contributed by atoms with E-state index in [1.807, 2.05) is 0 Å². The van der Waals surface area contributed by atoms with E-state index < -0.39 is 33.8 Å². The van der Waals surface area contributed by atoms with Crippen LogP contribution in [0.15, 0.2) is 12.1 Å². The molecule has 1 saturated carbocycles. The molecular weight excluding hydrogens is 272 g/mol. The van der Waals surface area contributed by atoms with E-state index >= 15 is 0 Å². The maximum Gasteiger partial charge on any atom is 0.341 e. The molecule has 20 heavy (non-hydrogen) atoms. The lowest BCUT2D eigenvalue weighted by molar-refractivity contribution is -0.387. The lowest BCUT2D eigenvalue weighted by Gasteiger charge is -2.10. The zero-order chi connectivity index (χ0) is 14.7. The molecule has 0 bridgehead atoms. The average molecular weight is 285 g/mol. The Kier molecular flexibility index (Phi) is 4.26. The molecule has 1 aliphatic rings. The molecule has 7 heteroatoms. The van der Waals surface area contributed by atoms with Crippen molar-refractivity contribution in [3.8, 4) is 0 Å². The van der Waals surface area contributed by atoms with E-state index in [4.69, 9.17) is 4.74 Å². The van der Waals surface area contributed by atoms with Crippen molar-refractivity contribution in [1.29, 1.82) is 0 Å². The predicted molar refractivity (Wildman–Crippen MR) is 65.3 cm³/mol. The minimum atomic E-state index is -1.37. The topological polar surface area (TPSA) is 69.4 Å². The van der Waals surface area contributed by atoms with Crippen LogP contribution >= 0.6 is 0 Å². The van der Waals surface area contributed by atoms with Crippen LogP contribution in [-0.2, 0) is 4.74 Å². The number of hydrogen-bond acceptors (Lipinski definition) is 4. The van der Waals surface area contributed by atoms with Gasteiger partial charge in [0.2, 0.25) is 5.82 Å². The van der Waals surface area contributed by atoms with Crippen LogP contribution in [0.2, 0.25) is 0 Å². The number of carbonyl (C=O) groups excluding carboxylic acids is 1. The fourth-order valence-corrected chi connectivity index (χ4v) is 2.30. The van der Waals surface area contributed by atoms with Crippen molar-refractivity contribution in [1.82, 2.24) is 0 Å². The number of nitro groups is 1.